The van der Waals surface area contributed by atoms with Crippen LogP contribution in [-0.4, -0.2) is 12.5 Å². The molecule has 5 heteroatoms. The summed E-state index contributed by atoms with van der Waals surface area (Å²) in [5, 5.41) is 5.98. The summed E-state index contributed by atoms with van der Waals surface area (Å²) in [6.07, 6.45) is 1.62. The smallest absolute Gasteiger partial charge is 0.244 e. The fraction of sp³-hybridized carbons (Fsp3) is 0.286. The molecule has 0 aliphatic carbocycles. The molecular weight excluding hydrogens is 346 g/mol. The first-order valence-corrected chi connectivity index (χ1v) is 9.53. The van der Waals surface area contributed by atoms with E-state index in [1.54, 1.807) is 17.4 Å². The number of furan rings is 1. The van der Waals surface area contributed by atoms with Crippen LogP contribution in [0, 0.1) is 13.8 Å². The van der Waals surface area contributed by atoms with Crippen LogP contribution in [0.25, 0.3) is 16.5 Å². The molecule has 136 valence electrons. The number of rotatable bonds is 6. The van der Waals surface area contributed by atoms with Crippen molar-refractivity contribution in [2.75, 3.05) is 6.61 Å². The molecule has 0 aliphatic rings. The molecule has 0 fully saturated rings. The molecule has 0 atom stereocenters. The first kappa shape index (κ1) is 18.3. The van der Waals surface area contributed by atoms with Crippen LogP contribution in [0.3, 0.4) is 0 Å². The molecule has 3 rings (SSSR count). The van der Waals surface area contributed by atoms with Crippen LogP contribution in [0.2, 0.25) is 0 Å². The molecule has 0 saturated carbocycles. The fourth-order valence-corrected chi connectivity index (χ4v) is 3.51. The van der Waals surface area contributed by atoms with Gasteiger partial charge < -0.3 is 14.5 Å². The molecule has 26 heavy (non-hydrogen) atoms. The summed E-state index contributed by atoms with van der Waals surface area (Å²) in [7, 11) is 0. The van der Waals surface area contributed by atoms with E-state index in [2.05, 4.69) is 5.32 Å². The third kappa shape index (κ3) is 3.83. The Morgan fingerprint density at radius 2 is 2.15 bits per heavy atom. The molecule has 0 radical (unpaired) electrons. The number of fused-ring (bicyclic) bond motifs is 1. The quantitative estimate of drug-likeness (QED) is 0.605. The molecule has 2 heterocycles. The van der Waals surface area contributed by atoms with Gasteiger partial charge in [-0.25, -0.2) is 0 Å². The lowest BCUT2D eigenvalue weighted by Crippen LogP contribution is -2.20. The van der Waals surface area contributed by atoms with Crippen molar-refractivity contribution in [1.82, 2.24) is 5.32 Å². The Morgan fingerprint density at radius 3 is 2.85 bits per heavy atom. The van der Waals surface area contributed by atoms with Crippen LogP contribution in [0.1, 0.15) is 35.6 Å². The van der Waals surface area contributed by atoms with Gasteiger partial charge in [0.15, 0.2) is 0 Å². The fourth-order valence-electron chi connectivity index (χ4n) is 2.87. The first-order chi connectivity index (χ1) is 12.5. The predicted molar refractivity (Wildman–Crippen MR) is 107 cm³/mol. The van der Waals surface area contributed by atoms with Crippen molar-refractivity contribution in [1.29, 1.82) is 0 Å². The van der Waals surface area contributed by atoms with Gasteiger partial charge in [-0.05, 0) is 56.3 Å². The Hall–Kier alpha value is -2.53. The number of ether oxygens (including phenoxy) is 1. The van der Waals surface area contributed by atoms with E-state index in [9.17, 15) is 4.79 Å². The predicted octanol–water partition coefficient (Wildman–Crippen LogP) is 5.23. The average Bonchev–Trinajstić information content (AvgIpc) is 3.21. The zero-order valence-electron chi connectivity index (χ0n) is 15.5. The monoisotopic (exact) mass is 369 g/mol. The lowest BCUT2D eigenvalue weighted by molar-refractivity contribution is -0.116. The van der Waals surface area contributed by atoms with Crippen LogP contribution in [0.4, 0.5) is 0 Å². The van der Waals surface area contributed by atoms with E-state index in [4.69, 9.17) is 9.15 Å². The average molecular weight is 369 g/mol. The molecule has 0 saturated heterocycles. The Balaban J connectivity index is 1.89. The summed E-state index contributed by atoms with van der Waals surface area (Å²) in [5.74, 6) is 1.52. The minimum absolute atomic E-state index is 0.112. The van der Waals surface area contributed by atoms with Crippen molar-refractivity contribution < 1.29 is 13.9 Å². The number of thiophene rings is 1. The highest BCUT2D eigenvalue weighted by atomic mass is 32.1. The maximum Gasteiger partial charge on any atom is 0.244 e. The number of aryl methyl sites for hydroxylation is 2. The minimum Gasteiger partial charge on any atom is -0.493 e. The number of hydrogen-bond donors (Lipinski definition) is 1. The van der Waals surface area contributed by atoms with E-state index in [0.29, 0.717) is 13.2 Å². The summed E-state index contributed by atoms with van der Waals surface area (Å²) >= 11 is 1.63. The van der Waals surface area contributed by atoms with Crippen molar-refractivity contribution in [2.24, 2.45) is 0 Å². The molecule has 2 aromatic heterocycles. The first-order valence-electron chi connectivity index (χ1n) is 8.65. The van der Waals surface area contributed by atoms with E-state index >= 15 is 0 Å². The third-order valence-electron chi connectivity index (χ3n) is 4.37. The van der Waals surface area contributed by atoms with Crippen LogP contribution >= 0.6 is 11.3 Å². The second-order valence-corrected chi connectivity index (χ2v) is 7.22. The zero-order chi connectivity index (χ0) is 18.7. The van der Waals surface area contributed by atoms with E-state index in [-0.39, 0.29) is 5.91 Å². The Kier molecular flexibility index (Phi) is 5.47. The Morgan fingerprint density at radius 1 is 1.35 bits per heavy atom. The van der Waals surface area contributed by atoms with Crippen molar-refractivity contribution >= 4 is 33.8 Å². The van der Waals surface area contributed by atoms with Crippen molar-refractivity contribution in [3.63, 3.8) is 0 Å². The van der Waals surface area contributed by atoms with Gasteiger partial charge in [-0.15, -0.1) is 11.3 Å². The summed E-state index contributed by atoms with van der Waals surface area (Å²) in [5.41, 5.74) is 3.69. The lowest BCUT2D eigenvalue weighted by Gasteiger charge is -2.11. The molecule has 4 nitrogen and oxygen atoms in total. The zero-order valence-corrected chi connectivity index (χ0v) is 16.3. The summed E-state index contributed by atoms with van der Waals surface area (Å²) in [6, 6.07) is 7.94. The Labute approximate surface area is 157 Å². The number of carbonyl (C=O) groups excluding carboxylic acids is 1. The molecule has 1 N–H and O–H groups in total. The molecule has 3 aromatic rings. The molecule has 0 unspecified atom stereocenters. The standard InChI is InChI=1S/C21H23NO3S/c1-5-24-19-11-20-18(14(3)15(4)25-20)10-17(19)13(2)9-21(23)22-12-16-7-6-8-26-16/h6-11H,5,12H2,1-4H3,(H,22,23)/b13-9+. The number of amides is 1. The van der Waals surface area contributed by atoms with Gasteiger partial charge in [0.25, 0.3) is 0 Å². The third-order valence-corrected chi connectivity index (χ3v) is 5.24. The number of carbonyl (C=O) groups is 1. The van der Waals surface area contributed by atoms with E-state index in [1.807, 2.05) is 57.3 Å². The summed E-state index contributed by atoms with van der Waals surface area (Å²) in [6.45, 7) is 8.96. The molecule has 1 amide bonds. The van der Waals surface area contributed by atoms with Crippen LogP contribution < -0.4 is 10.1 Å². The lowest BCUT2D eigenvalue weighted by atomic mass is 10.0. The highest BCUT2D eigenvalue weighted by molar-refractivity contribution is 7.09. The van der Waals surface area contributed by atoms with Gasteiger partial charge >= 0.3 is 0 Å². The maximum atomic E-state index is 12.3. The molecule has 0 aliphatic heterocycles. The normalized spacial score (nSPS) is 11.8. The second-order valence-electron chi connectivity index (χ2n) is 6.19. The van der Waals surface area contributed by atoms with E-state index in [0.717, 1.165) is 44.1 Å². The maximum absolute atomic E-state index is 12.3. The van der Waals surface area contributed by atoms with Gasteiger partial charge in [-0.3, -0.25) is 4.79 Å². The van der Waals surface area contributed by atoms with Crippen LogP contribution in [0.15, 0.2) is 40.1 Å². The van der Waals surface area contributed by atoms with Crippen molar-refractivity contribution in [2.45, 2.75) is 34.2 Å². The Bertz CT molecular complexity index is 951. The van der Waals surface area contributed by atoms with Gasteiger partial charge in [0.2, 0.25) is 5.91 Å². The topological polar surface area (TPSA) is 51.5 Å². The van der Waals surface area contributed by atoms with Gasteiger partial charge in [0.05, 0.1) is 13.2 Å². The van der Waals surface area contributed by atoms with Crippen molar-refractivity contribution in [3.8, 4) is 5.75 Å². The van der Waals surface area contributed by atoms with Crippen LogP contribution in [-0.2, 0) is 11.3 Å². The summed E-state index contributed by atoms with van der Waals surface area (Å²) < 4.78 is 11.6. The van der Waals surface area contributed by atoms with Crippen molar-refractivity contribution in [3.05, 3.63) is 57.5 Å². The summed E-state index contributed by atoms with van der Waals surface area (Å²) in [4.78, 5) is 13.4. The highest BCUT2D eigenvalue weighted by Crippen LogP contribution is 2.35. The van der Waals surface area contributed by atoms with Gasteiger partial charge in [0, 0.05) is 28.0 Å². The second kappa shape index (κ2) is 7.79. The SMILES string of the molecule is CCOc1cc2oc(C)c(C)c2cc1/C(C)=C/C(=O)NCc1cccs1. The number of allylic oxidation sites excluding steroid dienone is 1. The number of nitrogens with one attached hydrogen (secondary N) is 1. The van der Waals surface area contributed by atoms with Gasteiger partial charge in [-0.1, -0.05) is 6.07 Å². The van der Waals surface area contributed by atoms with E-state index < -0.39 is 0 Å². The number of hydrogen-bond acceptors (Lipinski definition) is 4. The van der Waals surface area contributed by atoms with Crippen LogP contribution in [0.5, 0.6) is 5.75 Å². The largest absolute Gasteiger partial charge is 0.493 e. The molecule has 1 aromatic carbocycles. The molecule has 0 spiro atoms. The highest BCUT2D eigenvalue weighted by Gasteiger charge is 2.14. The molecular formula is C21H23NO3S. The van der Waals surface area contributed by atoms with Gasteiger partial charge in [-0.2, -0.15) is 0 Å². The van der Waals surface area contributed by atoms with E-state index in [1.165, 1.54) is 0 Å². The molecule has 0 bridgehead atoms. The number of benzene rings is 1. The minimum atomic E-state index is -0.112. The van der Waals surface area contributed by atoms with Gasteiger partial charge in [0.1, 0.15) is 17.1 Å².